The zero-order valence-electron chi connectivity index (χ0n) is 14.7. The number of aromatic nitrogens is 4. The standard InChI is InChI=1S/C17H12Cl2F3N5OS/c1-27-15(10-4-2-3-5-11(10)18)25-26-16(27)29-8-13(28)24-14-12(19)6-9(7-23-14)17(20,21)22/h2-7H,8H2,1H3,(H,23,24,28). The van der Waals surface area contributed by atoms with E-state index in [9.17, 15) is 18.0 Å². The molecule has 12 heteroatoms. The summed E-state index contributed by atoms with van der Waals surface area (Å²) in [5.74, 6) is -0.203. The summed E-state index contributed by atoms with van der Waals surface area (Å²) in [7, 11) is 1.73. The molecule has 2 heterocycles. The van der Waals surface area contributed by atoms with Crippen molar-refractivity contribution in [2.45, 2.75) is 11.3 Å². The first-order valence-corrected chi connectivity index (χ1v) is 9.70. The number of carbonyl (C=O) groups is 1. The fourth-order valence-electron chi connectivity index (χ4n) is 2.30. The maximum Gasteiger partial charge on any atom is 0.417 e. The molecule has 1 amide bonds. The van der Waals surface area contributed by atoms with Gasteiger partial charge in [-0.1, -0.05) is 47.1 Å². The smallest absolute Gasteiger partial charge is 0.309 e. The Morgan fingerprint density at radius 3 is 2.59 bits per heavy atom. The summed E-state index contributed by atoms with van der Waals surface area (Å²) >= 11 is 13.0. The Bertz CT molecular complexity index is 1060. The molecule has 0 aliphatic rings. The van der Waals surface area contributed by atoms with Crippen LogP contribution in [0.15, 0.2) is 41.7 Å². The Morgan fingerprint density at radius 1 is 1.21 bits per heavy atom. The lowest BCUT2D eigenvalue weighted by Gasteiger charge is -2.10. The summed E-state index contributed by atoms with van der Waals surface area (Å²) in [6.07, 6.45) is -3.97. The molecule has 0 saturated carbocycles. The third kappa shape index (κ3) is 5.01. The number of hydrogen-bond acceptors (Lipinski definition) is 5. The van der Waals surface area contributed by atoms with E-state index in [0.717, 1.165) is 11.8 Å². The van der Waals surface area contributed by atoms with Crippen LogP contribution in [0.3, 0.4) is 0 Å². The quantitative estimate of drug-likeness (QED) is 0.545. The summed E-state index contributed by atoms with van der Waals surface area (Å²) in [5.41, 5.74) is -0.303. The third-order valence-corrected chi connectivity index (χ3v) is 5.35. The molecule has 0 unspecified atom stereocenters. The Kier molecular flexibility index (Phi) is 6.35. The summed E-state index contributed by atoms with van der Waals surface area (Å²) in [6.45, 7) is 0. The van der Waals surface area contributed by atoms with Crippen LogP contribution in [0, 0.1) is 0 Å². The van der Waals surface area contributed by atoms with Gasteiger partial charge in [-0.05, 0) is 18.2 Å². The van der Waals surface area contributed by atoms with E-state index in [-0.39, 0.29) is 16.6 Å². The van der Waals surface area contributed by atoms with Gasteiger partial charge in [0.25, 0.3) is 0 Å². The van der Waals surface area contributed by atoms with Gasteiger partial charge in [-0.25, -0.2) is 4.98 Å². The highest BCUT2D eigenvalue weighted by Crippen LogP contribution is 2.32. The third-order valence-electron chi connectivity index (χ3n) is 3.71. The van der Waals surface area contributed by atoms with Crippen molar-refractivity contribution in [3.05, 3.63) is 52.1 Å². The predicted octanol–water partition coefficient (Wildman–Crippen LogP) is 4.93. The molecule has 0 atom stereocenters. The normalized spacial score (nSPS) is 11.5. The number of rotatable bonds is 5. The molecule has 0 fully saturated rings. The molecule has 1 aromatic carbocycles. The number of benzene rings is 1. The van der Waals surface area contributed by atoms with Crippen molar-refractivity contribution in [2.24, 2.45) is 7.05 Å². The molecule has 0 bridgehead atoms. The van der Waals surface area contributed by atoms with Crippen LogP contribution >= 0.6 is 35.0 Å². The lowest BCUT2D eigenvalue weighted by molar-refractivity contribution is -0.137. The second-order valence-corrected chi connectivity index (χ2v) is 7.49. The number of hydrogen-bond donors (Lipinski definition) is 1. The molecular formula is C17H12Cl2F3N5OS. The minimum Gasteiger partial charge on any atom is -0.309 e. The van der Waals surface area contributed by atoms with Crippen molar-refractivity contribution in [1.82, 2.24) is 19.7 Å². The highest BCUT2D eigenvalue weighted by Gasteiger charge is 2.31. The van der Waals surface area contributed by atoms with E-state index in [1.165, 1.54) is 0 Å². The van der Waals surface area contributed by atoms with Crippen molar-refractivity contribution < 1.29 is 18.0 Å². The number of amides is 1. The predicted molar refractivity (Wildman–Crippen MR) is 105 cm³/mol. The molecule has 0 spiro atoms. The summed E-state index contributed by atoms with van der Waals surface area (Å²) < 4.78 is 39.6. The molecule has 0 aliphatic carbocycles. The van der Waals surface area contributed by atoms with Gasteiger partial charge in [-0.2, -0.15) is 13.2 Å². The Hall–Kier alpha value is -2.30. The maximum absolute atomic E-state index is 12.6. The van der Waals surface area contributed by atoms with Crippen LogP contribution in [0.4, 0.5) is 19.0 Å². The fraction of sp³-hybridized carbons (Fsp3) is 0.176. The Morgan fingerprint density at radius 2 is 1.93 bits per heavy atom. The van der Waals surface area contributed by atoms with E-state index in [1.807, 2.05) is 6.07 Å². The lowest BCUT2D eigenvalue weighted by atomic mass is 10.2. The van der Waals surface area contributed by atoms with E-state index >= 15 is 0 Å². The van der Waals surface area contributed by atoms with Gasteiger partial charge in [0, 0.05) is 18.8 Å². The topological polar surface area (TPSA) is 72.7 Å². The molecule has 3 rings (SSSR count). The molecule has 6 nitrogen and oxygen atoms in total. The van der Waals surface area contributed by atoms with Crippen LogP contribution < -0.4 is 5.32 Å². The van der Waals surface area contributed by atoms with Crippen LogP contribution in [-0.2, 0) is 18.0 Å². The van der Waals surface area contributed by atoms with Gasteiger partial charge in [-0.15, -0.1) is 10.2 Å². The number of nitrogens with zero attached hydrogens (tertiary/aromatic N) is 4. The van der Waals surface area contributed by atoms with Crippen molar-refractivity contribution in [1.29, 1.82) is 0 Å². The van der Waals surface area contributed by atoms with E-state index < -0.39 is 17.6 Å². The Labute approximate surface area is 177 Å². The van der Waals surface area contributed by atoms with Gasteiger partial charge in [-0.3, -0.25) is 4.79 Å². The first-order chi connectivity index (χ1) is 13.7. The van der Waals surface area contributed by atoms with Gasteiger partial charge in [0.05, 0.1) is 21.4 Å². The fourth-order valence-corrected chi connectivity index (χ4v) is 3.45. The first-order valence-electron chi connectivity index (χ1n) is 7.96. The van der Waals surface area contributed by atoms with Gasteiger partial charge in [0.2, 0.25) is 5.91 Å². The van der Waals surface area contributed by atoms with E-state index in [2.05, 4.69) is 20.5 Å². The van der Waals surface area contributed by atoms with Crippen LogP contribution in [-0.4, -0.2) is 31.4 Å². The number of anilines is 1. The summed E-state index contributed by atoms with van der Waals surface area (Å²) in [5, 5.41) is 11.2. The summed E-state index contributed by atoms with van der Waals surface area (Å²) in [4.78, 5) is 15.7. The van der Waals surface area contributed by atoms with Crippen LogP contribution in [0.1, 0.15) is 5.56 Å². The molecule has 152 valence electrons. The molecule has 0 aliphatic heterocycles. The molecule has 29 heavy (non-hydrogen) atoms. The Balaban J connectivity index is 1.66. The van der Waals surface area contributed by atoms with Crippen LogP contribution in [0.2, 0.25) is 10.0 Å². The second-order valence-electron chi connectivity index (χ2n) is 5.73. The first kappa shape index (κ1) is 21.4. The lowest BCUT2D eigenvalue weighted by Crippen LogP contribution is -2.16. The van der Waals surface area contributed by atoms with E-state index in [0.29, 0.717) is 33.8 Å². The number of carbonyl (C=O) groups excluding carboxylic acids is 1. The number of thioether (sulfide) groups is 1. The molecule has 3 aromatic rings. The van der Waals surface area contributed by atoms with Gasteiger partial charge >= 0.3 is 6.18 Å². The van der Waals surface area contributed by atoms with Crippen LogP contribution in [0.25, 0.3) is 11.4 Å². The van der Waals surface area contributed by atoms with Crippen molar-refractivity contribution in [3.8, 4) is 11.4 Å². The zero-order chi connectivity index (χ0) is 21.2. The van der Waals surface area contributed by atoms with Crippen molar-refractivity contribution in [2.75, 3.05) is 11.1 Å². The van der Waals surface area contributed by atoms with E-state index in [1.54, 1.807) is 29.8 Å². The van der Waals surface area contributed by atoms with E-state index in [4.69, 9.17) is 23.2 Å². The SMILES string of the molecule is Cn1c(SCC(=O)Nc2ncc(C(F)(F)F)cc2Cl)nnc1-c1ccccc1Cl. The minimum atomic E-state index is -4.57. The molecule has 0 radical (unpaired) electrons. The second kappa shape index (κ2) is 8.60. The summed E-state index contributed by atoms with van der Waals surface area (Å²) in [6, 6.07) is 7.84. The number of nitrogens with one attached hydrogen (secondary N) is 1. The molecule has 0 saturated heterocycles. The number of halogens is 5. The maximum atomic E-state index is 12.6. The number of pyridine rings is 1. The van der Waals surface area contributed by atoms with Gasteiger partial charge in [0.1, 0.15) is 0 Å². The zero-order valence-corrected chi connectivity index (χ0v) is 17.0. The van der Waals surface area contributed by atoms with Crippen LogP contribution in [0.5, 0.6) is 0 Å². The largest absolute Gasteiger partial charge is 0.417 e. The molecule has 1 N–H and O–H groups in total. The van der Waals surface area contributed by atoms with Crippen molar-refractivity contribution >= 4 is 46.7 Å². The molecular weight excluding hydrogens is 450 g/mol. The average Bonchev–Trinajstić information content (AvgIpc) is 3.01. The minimum absolute atomic E-state index is 0.0759. The monoisotopic (exact) mass is 461 g/mol. The molecule has 2 aromatic heterocycles. The number of alkyl halides is 3. The average molecular weight is 462 g/mol. The highest BCUT2D eigenvalue weighted by atomic mass is 35.5. The van der Waals surface area contributed by atoms with Gasteiger partial charge in [0.15, 0.2) is 16.8 Å². The highest BCUT2D eigenvalue weighted by molar-refractivity contribution is 7.99. The van der Waals surface area contributed by atoms with Gasteiger partial charge < -0.3 is 9.88 Å². The van der Waals surface area contributed by atoms with Crippen molar-refractivity contribution in [3.63, 3.8) is 0 Å².